The molecule has 2 rings (SSSR count). The van der Waals surface area contributed by atoms with E-state index in [4.69, 9.17) is 5.73 Å². The largest absolute Gasteiger partial charge is 0.387 e. The highest BCUT2D eigenvalue weighted by Crippen LogP contribution is 2.29. The number of fused-ring (bicyclic) bond motifs is 1. The highest BCUT2D eigenvalue weighted by molar-refractivity contribution is 5.85. The number of rotatable bonds is 2. The van der Waals surface area contributed by atoms with Crippen molar-refractivity contribution < 1.29 is 5.11 Å². The molecule has 15 heavy (non-hydrogen) atoms. The molecule has 0 radical (unpaired) electrons. The fourth-order valence-corrected chi connectivity index (χ4v) is 2.09. The molecule has 1 heterocycles. The van der Waals surface area contributed by atoms with Crippen LogP contribution in [0, 0.1) is 6.92 Å². The van der Waals surface area contributed by atoms with Crippen molar-refractivity contribution in [3.05, 3.63) is 35.5 Å². The molecular formula is C12H16N2O. The van der Waals surface area contributed by atoms with Crippen molar-refractivity contribution in [2.24, 2.45) is 12.8 Å². The SMILES string of the molecule is Cc1c([C@@H](O)CN)c2ccccc2n1C. The molecule has 3 N–H and O–H groups in total. The van der Waals surface area contributed by atoms with E-state index in [2.05, 4.69) is 10.6 Å². The molecule has 0 aliphatic rings. The maximum Gasteiger partial charge on any atom is 0.0935 e. The van der Waals surface area contributed by atoms with Gasteiger partial charge in [0.2, 0.25) is 0 Å². The van der Waals surface area contributed by atoms with Gasteiger partial charge >= 0.3 is 0 Å². The van der Waals surface area contributed by atoms with Gasteiger partial charge in [0.1, 0.15) is 0 Å². The number of aryl methyl sites for hydroxylation is 1. The molecule has 0 bridgehead atoms. The van der Waals surface area contributed by atoms with E-state index in [0.717, 1.165) is 22.2 Å². The number of aromatic nitrogens is 1. The first-order valence-electron chi connectivity index (χ1n) is 5.09. The average molecular weight is 204 g/mol. The lowest BCUT2D eigenvalue weighted by Crippen LogP contribution is -2.12. The molecule has 1 aromatic heterocycles. The van der Waals surface area contributed by atoms with Gasteiger partial charge in [-0.1, -0.05) is 18.2 Å². The van der Waals surface area contributed by atoms with E-state index >= 15 is 0 Å². The van der Waals surface area contributed by atoms with Gasteiger partial charge < -0.3 is 15.4 Å². The fraction of sp³-hybridized carbons (Fsp3) is 0.333. The number of nitrogens with two attached hydrogens (primary N) is 1. The zero-order valence-corrected chi connectivity index (χ0v) is 9.07. The second-order valence-corrected chi connectivity index (χ2v) is 3.83. The van der Waals surface area contributed by atoms with Crippen LogP contribution < -0.4 is 5.73 Å². The van der Waals surface area contributed by atoms with Crippen LogP contribution in [0.5, 0.6) is 0 Å². The molecule has 0 saturated heterocycles. The molecule has 0 aliphatic carbocycles. The van der Waals surface area contributed by atoms with Crippen LogP contribution in [-0.4, -0.2) is 16.2 Å². The quantitative estimate of drug-likeness (QED) is 0.778. The maximum absolute atomic E-state index is 9.88. The van der Waals surface area contributed by atoms with Crippen LogP contribution in [-0.2, 0) is 7.05 Å². The smallest absolute Gasteiger partial charge is 0.0935 e. The van der Waals surface area contributed by atoms with Gasteiger partial charge in [-0.15, -0.1) is 0 Å². The number of para-hydroxylation sites is 1. The topological polar surface area (TPSA) is 51.2 Å². The van der Waals surface area contributed by atoms with Crippen molar-refractivity contribution in [2.45, 2.75) is 13.0 Å². The summed E-state index contributed by atoms with van der Waals surface area (Å²) in [6, 6.07) is 8.06. The Kier molecular flexibility index (Phi) is 2.50. The monoisotopic (exact) mass is 204 g/mol. The molecule has 0 aliphatic heterocycles. The summed E-state index contributed by atoms with van der Waals surface area (Å²) in [4.78, 5) is 0. The van der Waals surface area contributed by atoms with Crippen LogP contribution in [0.4, 0.5) is 0 Å². The number of nitrogens with zero attached hydrogens (tertiary/aromatic N) is 1. The van der Waals surface area contributed by atoms with Gasteiger partial charge in [0.05, 0.1) is 6.10 Å². The average Bonchev–Trinajstić information content (AvgIpc) is 2.52. The van der Waals surface area contributed by atoms with Crippen LogP contribution in [0.15, 0.2) is 24.3 Å². The third-order valence-corrected chi connectivity index (χ3v) is 3.00. The Balaban J connectivity index is 2.77. The van der Waals surface area contributed by atoms with E-state index < -0.39 is 6.10 Å². The van der Waals surface area contributed by atoms with Gasteiger partial charge in [-0.25, -0.2) is 0 Å². The predicted molar refractivity (Wildman–Crippen MR) is 61.7 cm³/mol. The van der Waals surface area contributed by atoms with Crippen LogP contribution in [0.3, 0.4) is 0 Å². The standard InChI is InChI=1S/C12H16N2O/c1-8-12(11(15)7-13)9-5-3-4-6-10(9)14(8)2/h3-6,11,15H,7,13H2,1-2H3/t11-/m0/s1. The summed E-state index contributed by atoms with van der Waals surface area (Å²) in [6.07, 6.45) is -0.573. The minimum atomic E-state index is -0.573. The molecule has 80 valence electrons. The minimum Gasteiger partial charge on any atom is -0.387 e. The predicted octanol–water partition coefficient (Wildman–Crippen LogP) is 1.48. The Hall–Kier alpha value is -1.32. The number of hydrogen-bond donors (Lipinski definition) is 2. The van der Waals surface area contributed by atoms with Gasteiger partial charge in [-0.2, -0.15) is 0 Å². The Morgan fingerprint density at radius 1 is 1.40 bits per heavy atom. The molecule has 3 nitrogen and oxygen atoms in total. The van der Waals surface area contributed by atoms with E-state index in [9.17, 15) is 5.11 Å². The molecule has 1 aromatic carbocycles. The number of aliphatic hydroxyl groups is 1. The molecule has 2 aromatic rings. The van der Waals surface area contributed by atoms with Gasteiger partial charge in [0.25, 0.3) is 0 Å². The maximum atomic E-state index is 9.88. The first kappa shape index (κ1) is 10.2. The van der Waals surface area contributed by atoms with E-state index in [0.29, 0.717) is 0 Å². The van der Waals surface area contributed by atoms with Crippen molar-refractivity contribution in [3.63, 3.8) is 0 Å². The number of hydrogen-bond acceptors (Lipinski definition) is 2. The van der Waals surface area contributed by atoms with Crippen LogP contribution in [0.2, 0.25) is 0 Å². The Morgan fingerprint density at radius 3 is 2.73 bits per heavy atom. The highest BCUT2D eigenvalue weighted by Gasteiger charge is 2.16. The first-order valence-corrected chi connectivity index (χ1v) is 5.09. The second-order valence-electron chi connectivity index (χ2n) is 3.83. The summed E-state index contributed by atoms with van der Waals surface area (Å²) in [5.41, 5.74) is 8.68. The molecule has 1 atom stereocenters. The Morgan fingerprint density at radius 2 is 2.07 bits per heavy atom. The van der Waals surface area contributed by atoms with Crippen molar-refractivity contribution in [1.82, 2.24) is 4.57 Å². The summed E-state index contributed by atoms with van der Waals surface area (Å²) >= 11 is 0. The minimum absolute atomic E-state index is 0.259. The molecular weight excluding hydrogens is 188 g/mol. The van der Waals surface area contributed by atoms with Crippen LogP contribution in [0.1, 0.15) is 17.4 Å². The molecule has 3 heteroatoms. The Labute approximate surface area is 89.1 Å². The number of aliphatic hydroxyl groups excluding tert-OH is 1. The van der Waals surface area contributed by atoms with Crippen molar-refractivity contribution in [2.75, 3.05) is 6.54 Å². The summed E-state index contributed by atoms with van der Waals surface area (Å²) in [6.45, 7) is 2.27. The molecule has 0 fully saturated rings. The van der Waals surface area contributed by atoms with E-state index in [-0.39, 0.29) is 6.54 Å². The summed E-state index contributed by atoms with van der Waals surface area (Å²) in [7, 11) is 2.00. The zero-order chi connectivity index (χ0) is 11.0. The normalized spacial score (nSPS) is 13.3. The highest BCUT2D eigenvalue weighted by atomic mass is 16.3. The first-order chi connectivity index (χ1) is 7.16. The van der Waals surface area contributed by atoms with Gasteiger partial charge in [-0.3, -0.25) is 0 Å². The molecule has 0 amide bonds. The lowest BCUT2D eigenvalue weighted by atomic mass is 10.1. The van der Waals surface area contributed by atoms with Crippen LogP contribution >= 0.6 is 0 Å². The summed E-state index contributed by atoms with van der Waals surface area (Å²) < 4.78 is 2.09. The van der Waals surface area contributed by atoms with E-state index in [1.54, 1.807) is 0 Å². The molecule has 0 spiro atoms. The summed E-state index contributed by atoms with van der Waals surface area (Å²) in [5.74, 6) is 0. The molecule has 0 saturated carbocycles. The third-order valence-electron chi connectivity index (χ3n) is 3.00. The lowest BCUT2D eigenvalue weighted by Gasteiger charge is -2.08. The lowest BCUT2D eigenvalue weighted by molar-refractivity contribution is 0.187. The fourth-order valence-electron chi connectivity index (χ4n) is 2.09. The van der Waals surface area contributed by atoms with Crippen molar-refractivity contribution >= 4 is 10.9 Å². The third kappa shape index (κ3) is 1.44. The second kappa shape index (κ2) is 3.68. The number of benzene rings is 1. The summed E-state index contributed by atoms with van der Waals surface area (Å²) in [5, 5.41) is 11.0. The van der Waals surface area contributed by atoms with E-state index in [1.165, 1.54) is 0 Å². The zero-order valence-electron chi connectivity index (χ0n) is 9.07. The van der Waals surface area contributed by atoms with E-state index in [1.807, 2.05) is 32.2 Å². The van der Waals surface area contributed by atoms with Crippen molar-refractivity contribution in [1.29, 1.82) is 0 Å². The van der Waals surface area contributed by atoms with Gasteiger partial charge in [0.15, 0.2) is 0 Å². The van der Waals surface area contributed by atoms with Crippen LogP contribution in [0.25, 0.3) is 10.9 Å². The van der Waals surface area contributed by atoms with Crippen molar-refractivity contribution in [3.8, 4) is 0 Å². The van der Waals surface area contributed by atoms with Gasteiger partial charge in [0, 0.05) is 35.8 Å². The van der Waals surface area contributed by atoms with Gasteiger partial charge in [-0.05, 0) is 13.0 Å². The molecule has 0 unspecified atom stereocenters. The Bertz CT molecular complexity index is 488.